The number of hydrogen-bond donors (Lipinski definition) is 3. The van der Waals surface area contributed by atoms with Gasteiger partial charge in [0.05, 0.1) is 12.2 Å². The average Bonchev–Trinajstić information content (AvgIpc) is 2.44. The monoisotopic (exact) mass is 259 g/mol. The van der Waals surface area contributed by atoms with E-state index in [-0.39, 0.29) is 12.6 Å². The number of benzene rings is 2. The molecule has 0 heterocycles. The number of nitrogens with one attached hydrogen (secondary N) is 1. The van der Waals surface area contributed by atoms with Gasteiger partial charge in [0.2, 0.25) is 0 Å². The molecule has 2 atom stereocenters. The van der Waals surface area contributed by atoms with Crippen LogP contribution in [0.1, 0.15) is 25.5 Å². The Balaban J connectivity index is 2.11. The van der Waals surface area contributed by atoms with Crippen LogP contribution in [0.2, 0.25) is 0 Å². The van der Waals surface area contributed by atoms with Gasteiger partial charge in [-0.3, -0.25) is 0 Å². The van der Waals surface area contributed by atoms with Crippen molar-refractivity contribution in [1.29, 1.82) is 0 Å². The van der Waals surface area contributed by atoms with Crippen LogP contribution in [0, 0.1) is 0 Å². The topological polar surface area (TPSA) is 52.5 Å². The summed E-state index contributed by atoms with van der Waals surface area (Å²) in [5, 5.41) is 24.5. The highest BCUT2D eigenvalue weighted by Gasteiger charge is 2.19. The predicted molar refractivity (Wildman–Crippen MR) is 78.1 cm³/mol. The molecule has 0 aliphatic heterocycles. The lowest BCUT2D eigenvalue weighted by molar-refractivity contribution is 0.00106. The fraction of sp³-hybridized carbons (Fsp3) is 0.375. The molecule has 0 saturated heterocycles. The van der Waals surface area contributed by atoms with E-state index in [1.165, 1.54) is 16.3 Å². The van der Waals surface area contributed by atoms with E-state index in [0.29, 0.717) is 6.54 Å². The number of hydrogen-bond acceptors (Lipinski definition) is 3. The van der Waals surface area contributed by atoms with Crippen molar-refractivity contribution in [2.75, 3.05) is 13.2 Å². The first-order chi connectivity index (χ1) is 9.02. The lowest BCUT2D eigenvalue weighted by Gasteiger charge is -2.24. The first-order valence-electron chi connectivity index (χ1n) is 6.57. The Bertz CT molecular complexity index is 551. The highest BCUT2D eigenvalue weighted by molar-refractivity contribution is 5.83. The summed E-state index contributed by atoms with van der Waals surface area (Å²) in [6, 6.07) is 14.7. The fourth-order valence-electron chi connectivity index (χ4n) is 2.02. The van der Waals surface area contributed by atoms with E-state index in [1.54, 1.807) is 6.92 Å². The molecule has 2 aromatic carbocycles. The molecular weight excluding hydrogens is 238 g/mol. The lowest BCUT2D eigenvalue weighted by atomic mass is 10.0. The molecule has 2 rings (SSSR count). The maximum absolute atomic E-state index is 9.78. The van der Waals surface area contributed by atoms with Crippen molar-refractivity contribution in [2.45, 2.75) is 25.5 Å². The van der Waals surface area contributed by atoms with Gasteiger partial charge in [-0.1, -0.05) is 36.4 Å². The van der Waals surface area contributed by atoms with Gasteiger partial charge in [0.15, 0.2) is 0 Å². The first kappa shape index (κ1) is 14.0. The normalized spacial score (nSPS) is 16.2. The molecule has 102 valence electrons. The molecular formula is C16H21NO2. The Labute approximate surface area is 113 Å². The molecule has 3 heteroatoms. The molecule has 2 unspecified atom stereocenters. The second-order valence-corrected chi connectivity index (χ2v) is 5.36. The summed E-state index contributed by atoms with van der Waals surface area (Å²) >= 11 is 0. The number of aliphatic hydroxyl groups excluding tert-OH is 1. The minimum Gasteiger partial charge on any atom is -0.393 e. The van der Waals surface area contributed by atoms with E-state index in [2.05, 4.69) is 42.6 Å². The smallest absolute Gasteiger partial charge is 0.0973 e. The van der Waals surface area contributed by atoms with Gasteiger partial charge in [0, 0.05) is 12.6 Å². The third-order valence-electron chi connectivity index (χ3n) is 3.40. The van der Waals surface area contributed by atoms with Crippen molar-refractivity contribution in [2.24, 2.45) is 0 Å². The average molecular weight is 259 g/mol. The van der Waals surface area contributed by atoms with Gasteiger partial charge in [0.25, 0.3) is 0 Å². The van der Waals surface area contributed by atoms with Crippen LogP contribution in [0.3, 0.4) is 0 Å². The molecule has 2 aromatic rings. The fourth-order valence-corrected chi connectivity index (χ4v) is 2.02. The maximum atomic E-state index is 9.78. The van der Waals surface area contributed by atoms with Gasteiger partial charge in [-0.05, 0) is 36.2 Å². The quantitative estimate of drug-likeness (QED) is 0.772. The van der Waals surface area contributed by atoms with Crippen LogP contribution in [0.4, 0.5) is 0 Å². The molecule has 0 saturated carbocycles. The zero-order chi connectivity index (χ0) is 13.9. The van der Waals surface area contributed by atoms with Crippen molar-refractivity contribution in [1.82, 2.24) is 5.32 Å². The van der Waals surface area contributed by atoms with Crippen LogP contribution in [0.5, 0.6) is 0 Å². The Morgan fingerprint density at radius 1 is 1.16 bits per heavy atom. The Hall–Kier alpha value is -1.42. The summed E-state index contributed by atoms with van der Waals surface area (Å²) in [5.41, 5.74) is 0.0953. The van der Waals surface area contributed by atoms with Crippen LogP contribution < -0.4 is 5.32 Å². The number of rotatable bonds is 5. The molecule has 0 aliphatic rings. The molecule has 0 fully saturated rings. The second kappa shape index (κ2) is 5.70. The summed E-state index contributed by atoms with van der Waals surface area (Å²) in [6.07, 6.45) is 0. The van der Waals surface area contributed by atoms with Gasteiger partial charge < -0.3 is 15.5 Å². The highest BCUT2D eigenvalue weighted by atomic mass is 16.3. The minimum atomic E-state index is -1.08. The molecule has 0 aliphatic carbocycles. The lowest BCUT2D eigenvalue weighted by Crippen LogP contribution is -2.41. The van der Waals surface area contributed by atoms with Crippen LogP contribution in [-0.2, 0) is 0 Å². The Morgan fingerprint density at radius 2 is 1.84 bits per heavy atom. The summed E-state index contributed by atoms with van der Waals surface area (Å²) < 4.78 is 0. The second-order valence-electron chi connectivity index (χ2n) is 5.36. The van der Waals surface area contributed by atoms with Crippen molar-refractivity contribution in [3.63, 3.8) is 0 Å². The van der Waals surface area contributed by atoms with E-state index in [9.17, 15) is 5.11 Å². The van der Waals surface area contributed by atoms with Gasteiger partial charge in [0.1, 0.15) is 0 Å². The van der Waals surface area contributed by atoms with Crippen molar-refractivity contribution < 1.29 is 10.2 Å². The summed E-state index contributed by atoms with van der Waals surface area (Å²) in [5.74, 6) is 0. The third kappa shape index (κ3) is 3.53. The van der Waals surface area contributed by atoms with E-state index in [4.69, 9.17) is 5.11 Å². The zero-order valence-electron chi connectivity index (χ0n) is 11.4. The summed E-state index contributed by atoms with van der Waals surface area (Å²) in [6.45, 7) is 3.78. The highest BCUT2D eigenvalue weighted by Crippen LogP contribution is 2.20. The minimum absolute atomic E-state index is 0.127. The van der Waals surface area contributed by atoms with Crippen molar-refractivity contribution in [3.8, 4) is 0 Å². The largest absolute Gasteiger partial charge is 0.393 e. The molecule has 0 radical (unpaired) electrons. The van der Waals surface area contributed by atoms with Gasteiger partial charge in [-0.15, -0.1) is 0 Å². The van der Waals surface area contributed by atoms with Crippen LogP contribution >= 0.6 is 0 Å². The molecule has 3 N–H and O–H groups in total. The van der Waals surface area contributed by atoms with Gasteiger partial charge in [-0.2, -0.15) is 0 Å². The van der Waals surface area contributed by atoms with Crippen LogP contribution in [-0.4, -0.2) is 29.0 Å². The van der Waals surface area contributed by atoms with E-state index in [1.807, 2.05) is 12.1 Å². The van der Waals surface area contributed by atoms with E-state index < -0.39 is 5.60 Å². The number of fused-ring (bicyclic) bond motifs is 1. The maximum Gasteiger partial charge on any atom is 0.0973 e. The van der Waals surface area contributed by atoms with Crippen LogP contribution in [0.15, 0.2) is 42.5 Å². The SMILES string of the molecule is CC(NCC(C)(O)CO)c1ccc2ccccc2c1. The molecule has 0 aromatic heterocycles. The van der Waals surface area contributed by atoms with E-state index >= 15 is 0 Å². The Morgan fingerprint density at radius 3 is 2.53 bits per heavy atom. The predicted octanol–water partition coefficient (Wildman–Crippen LogP) is 2.23. The van der Waals surface area contributed by atoms with Gasteiger partial charge >= 0.3 is 0 Å². The van der Waals surface area contributed by atoms with Crippen LogP contribution in [0.25, 0.3) is 10.8 Å². The van der Waals surface area contributed by atoms with Gasteiger partial charge in [-0.25, -0.2) is 0 Å². The zero-order valence-corrected chi connectivity index (χ0v) is 11.4. The third-order valence-corrected chi connectivity index (χ3v) is 3.40. The number of aliphatic hydroxyl groups is 2. The standard InChI is InChI=1S/C16H21NO2/c1-12(17-10-16(2,19)11-18)14-8-7-13-5-3-4-6-15(13)9-14/h3-9,12,17-19H,10-11H2,1-2H3. The molecule has 0 spiro atoms. The van der Waals surface area contributed by atoms with Crippen molar-refractivity contribution >= 4 is 10.8 Å². The summed E-state index contributed by atoms with van der Waals surface area (Å²) in [4.78, 5) is 0. The first-order valence-corrected chi connectivity index (χ1v) is 6.57. The Kier molecular flexibility index (Phi) is 4.20. The summed E-state index contributed by atoms with van der Waals surface area (Å²) in [7, 11) is 0. The van der Waals surface area contributed by atoms with E-state index in [0.717, 1.165) is 0 Å². The van der Waals surface area contributed by atoms with Crippen molar-refractivity contribution in [3.05, 3.63) is 48.0 Å². The molecule has 0 bridgehead atoms. The molecule has 19 heavy (non-hydrogen) atoms. The molecule has 0 amide bonds. The molecule has 3 nitrogen and oxygen atoms in total.